The molecule has 2 amide bonds. The number of piperazine rings is 1. The van der Waals surface area contributed by atoms with E-state index in [1.54, 1.807) is 13.8 Å². The molecule has 1 rings (SSSR count). The van der Waals surface area contributed by atoms with Crippen molar-refractivity contribution in [3.8, 4) is 0 Å². The van der Waals surface area contributed by atoms with E-state index in [0.717, 1.165) is 9.80 Å². The van der Waals surface area contributed by atoms with E-state index < -0.39 is 43.0 Å². The fourth-order valence-corrected chi connectivity index (χ4v) is 3.13. The standard InChI is InChI=1S/C14H20Cl6N2O3/c1-7(13(15,16)17)5-9-10(23)22(4)12(25,11(24)21(9)3)6-8(2)14(18,19)20/h7-9,25H,5-6H2,1-4H3/t7-,8-,9-,12?/m0/s1. The molecule has 1 saturated heterocycles. The van der Waals surface area contributed by atoms with Crippen LogP contribution in [0.2, 0.25) is 0 Å². The summed E-state index contributed by atoms with van der Waals surface area (Å²) in [5, 5.41) is 10.9. The molecule has 1 fully saturated rings. The topological polar surface area (TPSA) is 60.9 Å². The van der Waals surface area contributed by atoms with Gasteiger partial charge in [-0.25, -0.2) is 0 Å². The number of hydrogen-bond acceptors (Lipinski definition) is 3. The highest BCUT2D eigenvalue weighted by molar-refractivity contribution is 6.68. The van der Waals surface area contributed by atoms with E-state index in [1.165, 1.54) is 14.1 Å². The molecule has 5 nitrogen and oxygen atoms in total. The first-order valence-corrected chi connectivity index (χ1v) is 9.71. The van der Waals surface area contributed by atoms with Crippen LogP contribution in [0, 0.1) is 11.8 Å². The van der Waals surface area contributed by atoms with Gasteiger partial charge in [-0.3, -0.25) is 9.59 Å². The number of halogens is 6. The van der Waals surface area contributed by atoms with Gasteiger partial charge in [0.05, 0.1) is 0 Å². The van der Waals surface area contributed by atoms with Gasteiger partial charge < -0.3 is 14.9 Å². The van der Waals surface area contributed by atoms with Gasteiger partial charge >= 0.3 is 0 Å². The van der Waals surface area contributed by atoms with Crippen molar-refractivity contribution in [2.45, 2.75) is 46.0 Å². The largest absolute Gasteiger partial charge is 0.363 e. The van der Waals surface area contributed by atoms with Crippen LogP contribution >= 0.6 is 69.6 Å². The summed E-state index contributed by atoms with van der Waals surface area (Å²) >= 11 is 35.1. The number of hydrogen-bond donors (Lipinski definition) is 1. The van der Waals surface area contributed by atoms with Crippen LogP contribution in [0.1, 0.15) is 26.7 Å². The van der Waals surface area contributed by atoms with Crippen LogP contribution in [0.5, 0.6) is 0 Å². The number of aliphatic hydroxyl groups is 1. The van der Waals surface area contributed by atoms with Crippen molar-refractivity contribution in [3.05, 3.63) is 0 Å². The lowest BCUT2D eigenvalue weighted by Gasteiger charge is -2.48. The summed E-state index contributed by atoms with van der Waals surface area (Å²) in [5.74, 6) is -2.35. The summed E-state index contributed by atoms with van der Waals surface area (Å²) in [6.07, 6.45) is -0.111. The Morgan fingerprint density at radius 3 is 1.88 bits per heavy atom. The molecular formula is C14H20Cl6N2O3. The molecule has 1 heterocycles. The van der Waals surface area contributed by atoms with Gasteiger partial charge in [0, 0.05) is 32.4 Å². The molecule has 0 aromatic heterocycles. The van der Waals surface area contributed by atoms with Gasteiger partial charge in [-0.05, 0) is 6.42 Å². The molecule has 146 valence electrons. The summed E-state index contributed by atoms with van der Waals surface area (Å²) in [6, 6.07) is -0.869. The van der Waals surface area contributed by atoms with Crippen molar-refractivity contribution in [1.29, 1.82) is 0 Å². The lowest BCUT2D eigenvalue weighted by atomic mass is 9.90. The van der Waals surface area contributed by atoms with Crippen molar-refractivity contribution in [2.24, 2.45) is 11.8 Å². The number of likely N-dealkylation sites (N-methyl/N-ethyl adjacent to an activating group) is 2. The minimum Gasteiger partial charge on any atom is -0.363 e. The molecule has 0 aromatic rings. The van der Waals surface area contributed by atoms with Crippen LogP contribution in [-0.4, -0.2) is 60.2 Å². The van der Waals surface area contributed by atoms with Gasteiger partial charge in [-0.15, -0.1) is 0 Å². The Hall–Kier alpha value is 0.640. The summed E-state index contributed by atoms with van der Waals surface area (Å²) in [6.45, 7) is 3.22. The van der Waals surface area contributed by atoms with E-state index in [2.05, 4.69) is 0 Å². The quantitative estimate of drug-likeness (QED) is 0.628. The SMILES string of the molecule is C[C@@H](C[C@H]1C(=O)N(C)C(O)(C[C@H](C)C(Cl)(Cl)Cl)C(=O)N1C)C(Cl)(Cl)Cl. The molecule has 1 aliphatic rings. The van der Waals surface area contributed by atoms with Crippen molar-refractivity contribution >= 4 is 81.4 Å². The van der Waals surface area contributed by atoms with E-state index in [9.17, 15) is 14.7 Å². The third-order valence-electron chi connectivity index (χ3n) is 4.59. The second-order valence-corrected chi connectivity index (χ2v) is 11.2. The first kappa shape index (κ1) is 23.7. The van der Waals surface area contributed by atoms with Crippen molar-refractivity contribution in [2.75, 3.05) is 14.1 Å². The van der Waals surface area contributed by atoms with Crippen molar-refractivity contribution in [1.82, 2.24) is 9.80 Å². The highest BCUT2D eigenvalue weighted by Crippen LogP contribution is 2.42. The fraction of sp³-hybridized carbons (Fsp3) is 0.857. The van der Waals surface area contributed by atoms with Crippen LogP contribution in [0.3, 0.4) is 0 Å². The summed E-state index contributed by atoms with van der Waals surface area (Å²) in [7, 11) is 2.74. The first-order valence-electron chi connectivity index (χ1n) is 7.44. The number of alkyl halides is 6. The van der Waals surface area contributed by atoms with E-state index in [4.69, 9.17) is 69.6 Å². The molecule has 1 unspecified atom stereocenters. The Balaban J connectivity index is 3.09. The number of rotatable bonds is 4. The van der Waals surface area contributed by atoms with Gasteiger partial charge in [0.1, 0.15) is 6.04 Å². The Morgan fingerprint density at radius 2 is 1.48 bits per heavy atom. The predicted molar refractivity (Wildman–Crippen MR) is 102 cm³/mol. The Kier molecular flexibility index (Phi) is 7.52. The smallest absolute Gasteiger partial charge is 0.276 e. The first-order chi connectivity index (χ1) is 11.0. The number of carbonyl (C=O) groups excluding carboxylic acids is 2. The average Bonchev–Trinajstić information content (AvgIpc) is 2.45. The number of nitrogens with zero attached hydrogens (tertiary/aromatic N) is 2. The Morgan fingerprint density at radius 1 is 1.04 bits per heavy atom. The molecule has 11 heteroatoms. The van der Waals surface area contributed by atoms with E-state index in [0.29, 0.717) is 0 Å². The summed E-state index contributed by atoms with van der Waals surface area (Å²) in [5.41, 5.74) is -2.12. The predicted octanol–water partition coefficient (Wildman–Crippen LogP) is 3.77. The maximum Gasteiger partial charge on any atom is 0.276 e. The average molecular weight is 477 g/mol. The lowest BCUT2D eigenvalue weighted by molar-refractivity contribution is -0.198. The highest BCUT2D eigenvalue weighted by Gasteiger charge is 2.55. The van der Waals surface area contributed by atoms with Crippen LogP contribution < -0.4 is 0 Å². The van der Waals surface area contributed by atoms with Crippen LogP contribution in [-0.2, 0) is 9.59 Å². The zero-order valence-corrected chi connectivity index (χ0v) is 18.6. The molecule has 0 aromatic carbocycles. The maximum absolute atomic E-state index is 12.8. The molecule has 25 heavy (non-hydrogen) atoms. The molecule has 0 spiro atoms. The van der Waals surface area contributed by atoms with Gasteiger partial charge in [-0.1, -0.05) is 83.5 Å². The van der Waals surface area contributed by atoms with E-state index in [-0.39, 0.29) is 12.8 Å². The zero-order chi connectivity index (χ0) is 20.0. The van der Waals surface area contributed by atoms with E-state index >= 15 is 0 Å². The second-order valence-electron chi connectivity index (χ2n) is 6.47. The maximum atomic E-state index is 12.8. The highest BCUT2D eigenvalue weighted by atomic mass is 35.6. The number of amides is 2. The van der Waals surface area contributed by atoms with Crippen molar-refractivity contribution < 1.29 is 14.7 Å². The minimum atomic E-state index is -2.12. The van der Waals surface area contributed by atoms with Gasteiger partial charge in [-0.2, -0.15) is 0 Å². The van der Waals surface area contributed by atoms with Gasteiger partial charge in [0.25, 0.3) is 5.91 Å². The molecule has 0 saturated carbocycles. The molecule has 4 atom stereocenters. The van der Waals surface area contributed by atoms with E-state index in [1.807, 2.05) is 0 Å². The summed E-state index contributed by atoms with van der Waals surface area (Å²) < 4.78 is -3.28. The second kappa shape index (κ2) is 7.94. The van der Waals surface area contributed by atoms with Gasteiger partial charge in [0.2, 0.25) is 11.6 Å². The normalized spacial score (nSPS) is 28.4. The molecular weight excluding hydrogens is 457 g/mol. The Bertz CT molecular complexity index is 536. The molecule has 1 N–H and O–H groups in total. The lowest BCUT2D eigenvalue weighted by Crippen LogP contribution is -2.70. The fourth-order valence-electron chi connectivity index (χ4n) is 2.63. The third-order valence-corrected chi connectivity index (χ3v) is 6.82. The molecule has 0 bridgehead atoms. The monoisotopic (exact) mass is 474 g/mol. The van der Waals surface area contributed by atoms with Gasteiger partial charge in [0.15, 0.2) is 7.59 Å². The number of carbonyl (C=O) groups is 2. The Labute approximate surface area is 177 Å². The zero-order valence-electron chi connectivity index (χ0n) is 14.1. The molecule has 1 aliphatic heterocycles. The molecule has 0 radical (unpaired) electrons. The third kappa shape index (κ3) is 5.13. The van der Waals surface area contributed by atoms with Crippen LogP contribution in [0.4, 0.5) is 0 Å². The van der Waals surface area contributed by atoms with Crippen molar-refractivity contribution in [3.63, 3.8) is 0 Å². The van der Waals surface area contributed by atoms with Crippen LogP contribution in [0.25, 0.3) is 0 Å². The molecule has 0 aliphatic carbocycles. The minimum absolute atomic E-state index is 0.123. The summed E-state index contributed by atoms with van der Waals surface area (Å²) in [4.78, 5) is 27.6. The van der Waals surface area contributed by atoms with Crippen LogP contribution in [0.15, 0.2) is 0 Å².